The van der Waals surface area contributed by atoms with Crippen molar-refractivity contribution in [2.45, 2.75) is 47.2 Å². The molecule has 1 amide bonds. The highest BCUT2D eigenvalue weighted by atomic mass is 16.5. The number of aromatic nitrogens is 2. The van der Waals surface area contributed by atoms with Gasteiger partial charge in [-0.25, -0.2) is 0 Å². The second kappa shape index (κ2) is 11.7. The first-order valence-corrected chi connectivity index (χ1v) is 10.6. The minimum absolute atomic E-state index is 0.137. The lowest BCUT2D eigenvalue weighted by Crippen LogP contribution is -2.37. The van der Waals surface area contributed by atoms with E-state index in [9.17, 15) is 4.79 Å². The molecule has 32 heavy (non-hydrogen) atoms. The molecule has 8 nitrogen and oxygen atoms in total. The second-order valence-corrected chi connectivity index (χ2v) is 6.98. The molecule has 172 valence electrons. The van der Waals surface area contributed by atoms with E-state index in [-0.39, 0.29) is 12.5 Å². The van der Waals surface area contributed by atoms with Crippen molar-refractivity contribution in [2.75, 3.05) is 19.5 Å². The smallest absolute Gasteiger partial charge is 0.246 e. The van der Waals surface area contributed by atoms with Crippen LogP contribution in [-0.2, 0) is 11.3 Å². The van der Waals surface area contributed by atoms with Crippen LogP contribution >= 0.6 is 0 Å². The van der Waals surface area contributed by atoms with Crippen LogP contribution in [0.2, 0.25) is 0 Å². The van der Waals surface area contributed by atoms with Crippen LogP contribution in [0.25, 0.3) is 11.4 Å². The molecule has 1 unspecified atom stereocenters. The number of carbonyl (C=O) groups is 1. The van der Waals surface area contributed by atoms with Crippen molar-refractivity contribution in [3.8, 4) is 22.9 Å². The molecule has 0 saturated heterocycles. The van der Waals surface area contributed by atoms with Crippen LogP contribution < -0.4 is 20.1 Å². The molecule has 2 aromatic carbocycles. The third-order valence-electron chi connectivity index (χ3n) is 4.67. The number of rotatable bonds is 8. The summed E-state index contributed by atoms with van der Waals surface area (Å²) in [7, 11) is 3.13. The lowest BCUT2D eigenvalue weighted by Gasteiger charge is -2.16. The largest absolute Gasteiger partial charge is 0.493 e. The van der Waals surface area contributed by atoms with Gasteiger partial charge in [0.15, 0.2) is 11.5 Å². The van der Waals surface area contributed by atoms with Gasteiger partial charge in [0.25, 0.3) is 0 Å². The number of hydrogen-bond donors (Lipinski definition) is 2. The summed E-state index contributed by atoms with van der Waals surface area (Å²) in [5.41, 5.74) is 3.92. The molecule has 8 heteroatoms. The lowest BCUT2D eigenvalue weighted by molar-refractivity contribution is -0.121. The third kappa shape index (κ3) is 6.23. The maximum absolute atomic E-state index is 12.4. The van der Waals surface area contributed by atoms with E-state index < -0.39 is 6.04 Å². The van der Waals surface area contributed by atoms with Crippen LogP contribution in [0, 0.1) is 13.8 Å². The minimum atomic E-state index is -0.417. The first kappa shape index (κ1) is 24.7. The number of nitrogens with one attached hydrogen (secondary N) is 2. The Bertz CT molecular complexity index is 1030. The molecule has 0 radical (unpaired) electrons. The van der Waals surface area contributed by atoms with Gasteiger partial charge in [-0.3, -0.25) is 4.79 Å². The van der Waals surface area contributed by atoms with Crippen LogP contribution in [-0.4, -0.2) is 36.3 Å². The van der Waals surface area contributed by atoms with Gasteiger partial charge in [-0.05, 0) is 50.6 Å². The van der Waals surface area contributed by atoms with Gasteiger partial charge in [-0.2, -0.15) is 4.98 Å². The Balaban J connectivity index is 0.00000176. The Morgan fingerprint density at radius 3 is 2.44 bits per heavy atom. The number of ether oxygens (including phenoxy) is 2. The monoisotopic (exact) mass is 440 g/mol. The van der Waals surface area contributed by atoms with Gasteiger partial charge in [0.2, 0.25) is 17.6 Å². The highest BCUT2D eigenvalue weighted by Crippen LogP contribution is 2.31. The molecular weight excluding hydrogens is 408 g/mol. The second-order valence-electron chi connectivity index (χ2n) is 6.98. The minimum Gasteiger partial charge on any atom is -0.493 e. The highest BCUT2D eigenvalue weighted by molar-refractivity contribution is 5.84. The zero-order valence-corrected chi connectivity index (χ0v) is 19.8. The zero-order chi connectivity index (χ0) is 23.7. The predicted octanol–water partition coefficient (Wildman–Crippen LogP) is 4.51. The first-order valence-electron chi connectivity index (χ1n) is 10.6. The van der Waals surface area contributed by atoms with Crippen molar-refractivity contribution < 1.29 is 18.8 Å². The van der Waals surface area contributed by atoms with E-state index in [1.165, 1.54) is 5.56 Å². The van der Waals surface area contributed by atoms with Gasteiger partial charge in [-0.1, -0.05) is 36.7 Å². The lowest BCUT2D eigenvalue weighted by atomic mass is 10.1. The van der Waals surface area contributed by atoms with Crippen molar-refractivity contribution in [3.05, 3.63) is 53.4 Å². The molecule has 0 spiro atoms. The Hall–Kier alpha value is -3.55. The summed E-state index contributed by atoms with van der Waals surface area (Å²) in [6.45, 7) is 9.98. The molecule has 0 fully saturated rings. The summed E-state index contributed by atoms with van der Waals surface area (Å²) in [5, 5.41) is 10.0. The van der Waals surface area contributed by atoms with Gasteiger partial charge < -0.3 is 24.6 Å². The number of methoxy groups -OCH3 is 2. The number of amides is 1. The summed E-state index contributed by atoms with van der Waals surface area (Å²) in [4.78, 5) is 16.8. The van der Waals surface area contributed by atoms with Crippen molar-refractivity contribution in [1.82, 2.24) is 15.5 Å². The average molecular weight is 441 g/mol. The number of carbonyl (C=O) groups excluding carboxylic acids is 1. The standard InChI is InChI=1S/C22H26N4O4.C2H6/c1-13-6-8-17(14(2)10-13)24-15(3)22(27)23-12-20-25-21(26-30-20)16-7-9-18(28-4)19(11-16)29-5;1-2/h6-11,15,24H,12H2,1-5H3,(H,23,27);1-2H3. The topological polar surface area (TPSA) is 98.5 Å². The fraction of sp³-hybridized carbons (Fsp3) is 0.375. The van der Waals surface area contributed by atoms with Crippen LogP contribution in [0.15, 0.2) is 40.9 Å². The summed E-state index contributed by atoms with van der Waals surface area (Å²) in [5.74, 6) is 1.73. The van der Waals surface area contributed by atoms with E-state index in [0.29, 0.717) is 23.2 Å². The number of aryl methyl sites for hydroxylation is 2. The molecule has 3 rings (SSSR count). The Kier molecular flexibility index (Phi) is 9.07. The summed E-state index contributed by atoms with van der Waals surface area (Å²) in [6.07, 6.45) is 0. The Labute approximate surface area is 189 Å². The fourth-order valence-corrected chi connectivity index (χ4v) is 3.01. The maximum Gasteiger partial charge on any atom is 0.246 e. The Morgan fingerprint density at radius 2 is 1.78 bits per heavy atom. The van der Waals surface area contributed by atoms with Gasteiger partial charge in [0.05, 0.1) is 20.8 Å². The molecule has 1 atom stereocenters. The van der Waals surface area contributed by atoms with E-state index in [0.717, 1.165) is 16.8 Å². The van der Waals surface area contributed by atoms with E-state index in [2.05, 4.69) is 26.8 Å². The SMILES string of the molecule is CC.COc1ccc(-c2noc(CNC(=O)C(C)Nc3ccc(C)cc3C)n2)cc1OC. The molecular formula is C24H32N4O4. The van der Waals surface area contributed by atoms with Gasteiger partial charge in [0.1, 0.15) is 6.04 Å². The Morgan fingerprint density at radius 1 is 1.06 bits per heavy atom. The van der Waals surface area contributed by atoms with Crippen LogP contribution in [0.1, 0.15) is 37.8 Å². The van der Waals surface area contributed by atoms with Crippen LogP contribution in [0.4, 0.5) is 5.69 Å². The summed E-state index contributed by atoms with van der Waals surface area (Å²) >= 11 is 0. The quantitative estimate of drug-likeness (QED) is 0.531. The highest BCUT2D eigenvalue weighted by Gasteiger charge is 2.16. The van der Waals surface area contributed by atoms with E-state index >= 15 is 0 Å². The molecule has 0 aliphatic carbocycles. The van der Waals surface area contributed by atoms with Crippen molar-refractivity contribution in [2.24, 2.45) is 0 Å². The van der Waals surface area contributed by atoms with Gasteiger partial charge >= 0.3 is 0 Å². The molecule has 3 aromatic rings. The predicted molar refractivity (Wildman–Crippen MR) is 125 cm³/mol. The summed E-state index contributed by atoms with van der Waals surface area (Å²) in [6, 6.07) is 11.0. The molecule has 1 aromatic heterocycles. The molecule has 2 N–H and O–H groups in total. The third-order valence-corrected chi connectivity index (χ3v) is 4.67. The molecule has 0 aliphatic rings. The number of anilines is 1. The molecule has 1 heterocycles. The molecule has 0 saturated carbocycles. The number of nitrogens with zero attached hydrogens (tertiary/aromatic N) is 2. The fourth-order valence-electron chi connectivity index (χ4n) is 3.01. The molecule has 0 bridgehead atoms. The van der Waals surface area contributed by atoms with E-state index in [1.807, 2.05) is 45.9 Å². The van der Waals surface area contributed by atoms with Gasteiger partial charge in [-0.15, -0.1) is 0 Å². The first-order chi connectivity index (χ1) is 15.4. The van der Waals surface area contributed by atoms with Crippen molar-refractivity contribution in [3.63, 3.8) is 0 Å². The van der Waals surface area contributed by atoms with E-state index in [1.54, 1.807) is 33.3 Å². The normalized spacial score (nSPS) is 11.1. The van der Waals surface area contributed by atoms with Crippen LogP contribution in [0.5, 0.6) is 11.5 Å². The van der Waals surface area contributed by atoms with E-state index in [4.69, 9.17) is 14.0 Å². The number of hydrogen-bond acceptors (Lipinski definition) is 7. The van der Waals surface area contributed by atoms with Crippen molar-refractivity contribution >= 4 is 11.6 Å². The maximum atomic E-state index is 12.4. The zero-order valence-electron chi connectivity index (χ0n) is 19.8. The summed E-state index contributed by atoms with van der Waals surface area (Å²) < 4.78 is 15.8. The average Bonchev–Trinajstić information content (AvgIpc) is 3.29. The molecule has 0 aliphatic heterocycles. The number of benzene rings is 2. The van der Waals surface area contributed by atoms with Crippen molar-refractivity contribution in [1.29, 1.82) is 0 Å². The van der Waals surface area contributed by atoms with Gasteiger partial charge in [0, 0.05) is 11.3 Å². The van der Waals surface area contributed by atoms with Crippen LogP contribution in [0.3, 0.4) is 0 Å².